The molecule has 3 heteroatoms. The molecule has 1 aromatic carbocycles. The van der Waals surface area contributed by atoms with Crippen LogP contribution in [0.3, 0.4) is 0 Å². The van der Waals surface area contributed by atoms with Crippen molar-refractivity contribution in [3.05, 3.63) is 35.4 Å². The molecule has 0 saturated carbocycles. The standard InChI is InChI=1S/C18H29NO2/c1-15(2)11-19-12-16-6-8-17(9-7-16)13-20-14-18-5-3-4-10-21-18/h6-9,15,18-19H,3-5,10-14H2,1-2H3. The van der Waals surface area contributed by atoms with E-state index in [0.29, 0.717) is 18.6 Å². The summed E-state index contributed by atoms with van der Waals surface area (Å²) < 4.78 is 11.4. The van der Waals surface area contributed by atoms with E-state index in [4.69, 9.17) is 9.47 Å². The zero-order chi connectivity index (χ0) is 14.9. The highest BCUT2D eigenvalue weighted by atomic mass is 16.5. The van der Waals surface area contributed by atoms with Crippen LogP contribution in [0, 0.1) is 5.92 Å². The van der Waals surface area contributed by atoms with E-state index in [1.165, 1.54) is 24.0 Å². The lowest BCUT2D eigenvalue weighted by Gasteiger charge is -2.22. The summed E-state index contributed by atoms with van der Waals surface area (Å²) >= 11 is 0. The van der Waals surface area contributed by atoms with E-state index in [1.54, 1.807) is 0 Å². The van der Waals surface area contributed by atoms with Gasteiger partial charge < -0.3 is 14.8 Å². The summed E-state index contributed by atoms with van der Waals surface area (Å²) in [5.41, 5.74) is 2.56. The fourth-order valence-electron chi connectivity index (χ4n) is 2.51. The quantitative estimate of drug-likeness (QED) is 0.795. The highest BCUT2D eigenvalue weighted by Gasteiger charge is 2.13. The molecule has 21 heavy (non-hydrogen) atoms. The van der Waals surface area contributed by atoms with Crippen molar-refractivity contribution in [2.24, 2.45) is 5.92 Å². The van der Waals surface area contributed by atoms with Crippen LogP contribution in [0.4, 0.5) is 0 Å². The maximum atomic E-state index is 5.77. The normalized spacial score (nSPS) is 19.1. The van der Waals surface area contributed by atoms with E-state index >= 15 is 0 Å². The van der Waals surface area contributed by atoms with Gasteiger partial charge in [-0.25, -0.2) is 0 Å². The molecule has 1 fully saturated rings. The Morgan fingerprint density at radius 1 is 1.19 bits per heavy atom. The maximum Gasteiger partial charge on any atom is 0.0808 e. The minimum Gasteiger partial charge on any atom is -0.376 e. The smallest absolute Gasteiger partial charge is 0.0808 e. The first kappa shape index (κ1) is 16.5. The van der Waals surface area contributed by atoms with Crippen molar-refractivity contribution in [3.8, 4) is 0 Å². The molecule has 1 aliphatic heterocycles. The molecule has 0 radical (unpaired) electrons. The van der Waals surface area contributed by atoms with E-state index in [2.05, 4.69) is 43.4 Å². The first-order valence-corrected chi connectivity index (χ1v) is 8.22. The lowest BCUT2D eigenvalue weighted by atomic mass is 10.1. The van der Waals surface area contributed by atoms with Crippen molar-refractivity contribution < 1.29 is 9.47 Å². The van der Waals surface area contributed by atoms with Crippen LogP contribution in [-0.4, -0.2) is 25.9 Å². The molecular weight excluding hydrogens is 262 g/mol. The molecule has 0 amide bonds. The van der Waals surface area contributed by atoms with Crippen molar-refractivity contribution >= 4 is 0 Å². The lowest BCUT2D eigenvalue weighted by Crippen LogP contribution is -2.24. The molecule has 1 unspecified atom stereocenters. The molecule has 0 aromatic heterocycles. The highest BCUT2D eigenvalue weighted by molar-refractivity contribution is 5.21. The molecule has 118 valence electrons. The summed E-state index contributed by atoms with van der Waals surface area (Å²) in [6.07, 6.45) is 3.91. The molecule has 1 aliphatic rings. The predicted octanol–water partition coefficient (Wildman–Crippen LogP) is 3.52. The van der Waals surface area contributed by atoms with Gasteiger partial charge in [-0.05, 0) is 42.9 Å². The molecule has 1 heterocycles. The first-order chi connectivity index (χ1) is 10.2. The van der Waals surface area contributed by atoms with Crippen LogP contribution in [0.15, 0.2) is 24.3 Å². The fourth-order valence-corrected chi connectivity index (χ4v) is 2.51. The molecule has 1 N–H and O–H groups in total. The molecule has 0 spiro atoms. The molecular formula is C18H29NO2. The van der Waals surface area contributed by atoms with Gasteiger partial charge in [0.2, 0.25) is 0 Å². The molecule has 2 rings (SSSR count). The van der Waals surface area contributed by atoms with Crippen LogP contribution >= 0.6 is 0 Å². The third-order valence-electron chi connectivity index (χ3n) is 3.75. The maximum absolute atomic E-state index is 5.77. The number of nitrogens with one attached hydrogen (secondary N) is 1. The van der Waals surface area contributed by atoms with Crippen LogP contribution in [-0.2, 0) is 22.6 Å². The van der Waals surface area contributed by atoms with Gasteiger partial charge in [0.05, 0.1) is 19.3 Å². The average molecular weight is 291 g/mol. The predicted molar refractivity (Wildman–Crippen MR) is 86.2 cm³/mol. The van der Waals surface area contributed by atoms with Crippen molar-refractivity contribution in [1.29, 1.82) is 0 Å². The van der Waals surface area contributed by atoms with Gasteiger partial charge in [0.25, 0.3) is 0 Å². The first-order valence-electron chi connectivity index (χ1n) is 8.22. The van der Waals surface area contributed by atoms with Gasteiger partial charge in [-0.1, -0.05) is 38.1 Å². The second-order valence-corrected chi connectivity index (χ2v) is 6.34. The topological polar surface area (TPSA) is 30.5 Å². The van der Waals surface area contributed by atoms with E-state index in [9.17, 15) is 0 Å². The minimum atomic E-state index is 0.304. The van der Waals surface area contributed by atoms with Gasteiger partial charge in [0.1, 0.15) is 0 Å². The van der Waals surface area contributed by atoms with Gasteiger partial charge in [-0.15, -0.1) is 0 Å². The van der Waals surface area contributed by atoms with Crippen molar-refractivity contribution in [2.45, 2.75) is 52.4 Å². The van der Waals surface area contributed by atoms with Gasteiger partial charge in [0.15, 0.2) is 0 Å². The summed E-state index contributed by atoms with van der Waals surface area (Å²) in [7, 11) is 0. The van der Waals surface area contributed by atoms with Crippen LogP contribution < -0.4 is 5.32 Å². The summed E-state index contributed by atoms with van der Waals surface area (Å²) in [5.74, 6) is 0.694. The Labute approximate surface area is 129 Å². The van der Waals surface area contributed by atoms with Gasteiger partial charge in [-0.3, -0.25) is 0 Å². The Balaban J connectivity index is 1.64. The zero-order valence-electron chi connectivity index (χ0n) is 13.4. The van der Waals surface area contributed by atoms with E-state index in [-0.39, 0.29) is 0 Å². The molecule has 1 atom stereocenters. The minimum absolute atomic E-state index is 0.304. The number of hydrogen-bond acceptors (Lipinski definition) is 3. The van der Waals surface area contributed by atoms with Crippen LogP contribution in [0.5, 0.6) is 0 Å². The SMILES string of the molecule is CC(C)CNCc1ccc(COCC2CCCCO2)cc1. The van der Waals surface area contributed by atoms with Gasteiger partial charge >= 0.3 is 0 Å². The fraction of sp³-hybridized carbons (Fsp3) is 0.667. The Morgan fingerprint density at radius 3 is 2.62 bits per heavy atom. The van der Waals surface area contributed by atoms with Crippen LogP contribution in [0.25, 0.3) is 0 Å². The Bertz CT molecular complexity index is 383. The zero-order valence-corrected chi connectivity index (χ0v) is 13.4. The summed E-state index contributed by atoms with van der Waals surface area (Å²) in [5, 5.41) is 3.46. The van der Waals surface area contributed by atoms with Crippen molar-refractivity contribution in [2.75, 3.05) is 19.8 Å². The second-order valence-electron chi connectivity index (χ2n) is 6.34. The number of ether oxygens (including phenoxy) is 2. The Kier molecular flexibility index (Phi) is 7.20. The largest absolute Gasteiger partial charge is 0.376 e. The monoisotopic (exact) mass is 291 g/mol. The second kappa shape index (κ2) is 9.19. The molecule has 0 aliphatic carbocycles. The van der Waals surface area contributed by atoms with Gasteiger partial charge in [0, 0.05) is 13.2 Å². The number of benzene rings is 1. The van der Waals surface area contributed by atoms with Crippen molar-refractivity contribution in [3.63, 3.8) is 0 Å². The van der Waals surface area contributed by atoms with E-state index in [0.717, 1.165) is 32.7 Å². The summed E-state index contributed by atoms with van der Waals surface area (Å²) in [6, 6.07) is 8.69. The lowest BCUT2D eigenvalue weighted by molar-refractivity contribution is -0.0447. The van der Waals surface area contributed by atoms with E-state index in [1.807, 2.05) is 0 Å². The molecule has 1 aromatic rings. The Hall–Kier alpha value is -0.900. The highest BCUT2D eigenvalue weighted by Crippen LogP contribution is 2.13. The summed E-state index contributed by atoms with van der Waals surface area (Å²) in [4.78, 5) is 0. The van der Waals surface area contributed by atoms with Crippen LogP contribution in [0.2, 0.25) is 0 Å². The number of rotatable bonds is 8. The molecule has 0 bridgehead atoms. The third-order valence-corrected chi connectivity index (χ3v) is 3.75. The number of hydrogen-bond donors (Lipinski definition) is 1. The molecule has 1 saturated heterocycles. The molecule has 3 nitrogen and oxygen atoms in total. The van der Waals surface area contributed by atoms with Crippen molar-refractivity contribution in [1.82, 2.24) is 5.32 Å². The van der Waals surface area contributed by atoms with Gasteiger partial charge in [-0.2, -0.15) is 0 Å². The van der Waals surface area contributed by atoms with E-state index < -0.39 is 0 Å². The average Bonchev–Trinajstić information content (AvgIpc) is 2.50. The third kappa shape index (κ3) is 6.60. The van der Waals surface area contributed by atoms with Crippen LogP contribution in [0.1, 0.15) is 44.2 Å². The summed E-state index contributed by atoms with van der Waals surface area (Å²) in [6.45, 7) is 8.75. The Morgan fingerprint density at radius 2 is 1.95 bits per heavy atom.